The van der Waals surface area contributed by atoms with Gasteiger partial charge in [0.15, 0.2) is 0 Å². The van der Waals surface area contributed by atoms with Crippen LogP contribution in [-0.4, -0.2) is 35.3 Å². The van der Waals surface area contributed by atoms with Crippen molar-refractivity contribution in [1.82, 2.24) is 4.90 Å². The second-order valence-electron chi connectivity index (χ2n) is 7.54. The fourth-order valence-corrected chi connectivity index (χ4v) is 4.29. The van der Waals surface area contributed by atoms with Crippen LogP contribution in [0.4, 0.5) is 0 Å². The van der Waals surface area contributed by atoms with Crippen molar-refractivity contribution >= 4 is 17.7 Å². The van der Waals surface area contributed by atoms with Crippen molar-refractivity contribution < 1.29 is 9.90 Å². The largest absolute Gasteiger partial charge is 0.478 e. The van der Waals surface area contributed by atoms with E-state index in [1.165, 1.54) is 10.5 Å². The molecule has 1 heterocycles. The lowest BCUT2D eigenvalue weighted by Crippen LogP contribution is -2.47. The number of carboxylic acids is 1. The molecule has 0 aliphatic carbocycles. The Morgan fingerprint density at radius 2 is 2.00 bits per heavy atom. The van der Waals surface area contributed by atoms with E-state index in [4.69, 9.17) is 0 Å². The van der Waals surface area contributed by atoms with E-state index in [9.17, 15) is 9.90 Å². The molecular formula is C22H27NO2S. The van der Waals surface area contributed by atoms with Gasteiger partial charge in [0.05, 0.1) is 5.56 Å². The second kappa shape index (κ2) is 7.85. The topological polar surface area (TPSA) is 40.5 Å². The van der Waals surface area contributed by atoms with E-state index in [-0.39, 0.29) is 5.41 Å². The molecule has 0 unspecified atom stereocenters. The molecule has 0 spiro atoms. The Kier molecular flexibility index (Phi) is 5.73. The van der Waals surface area contributed by atoms with Crippen LogP contribution in [0, 0.1) is 5.92 Å². The summed E-state index contributed by atoms with van der Waals surface area (Å²) in [6.07, 6.45) is 3.14. The Labute approximate surface area is 160 Å². The van der Waals surface area contributed by atoms with Crippen LogP contribution in [-0.2, 0) is 12.0 Å². The van der Waals surface area contributed by atoms with Gasteiger partial charge in [0, 0.05) is 18.0 Å². The maximum absolute atomic E-state index is 11.3. The number of hydrogen-bond acceptors (Lipinski definition) is 3. The lowest BCUT2D eigenvalue weighted by molar-refractivity contribution is 0.0696. The molecule has 138 valence electrons. The van der Waals surface area contributed by atoms with Crippen molar-refractivity contribution in [3.8, 4) is 0 Å². The highest BCUT2D eigenvalue weighted by atomic mass is 32.2. The quantitative estimate of drug-likeness (QED) is 0.761. The third-order valence-corrected chi connectivity index (χ3v) is 6.64. The van der Waals surface area contributed by atoms with E-state index in [0.29, 0.717) is 11.5 Å². The van der Waals surface area contributed by atoms with Crippen molar-refractivity contribution in [2.45, 2.75) is 37.1 Å². The van der Waals surface area contributed by atoms with Crippen LogP contribution in [0.3, 0.4) is 0 Å². The van der Waals surface area contributed by atoms with Gasteiger partial charge in [-0.05, 0) is 65.9 Å². The molecule has 2 aromatic carbocycles. The summed E-state index contributed by atoms with van der Waals surface area (Å²) >= 11 is 1.77. The summed E-state index contributed by atoms with van der Waals surface area (Å²) in [7, 11) is 0. The first-order valence-electron chi connectivity index (χ1n) is 9.11. The smallest absolute Gasteiger partial charge is 0.335 e. The molecule has 2 aromatic rings. The van der Waals surface area contributed by atoms with Crippen LogP contribution in [0.2, 0.25) is 0 Å². The molecule has 3 rings (SSSR count). The number of carboxylic acid groups (broad SMARTS) is 1. The number of piperidine rings is 1. The second-order valence-corrected chi connectivity index (χ2v) is 8.42. The zero-order valence-corrected chi connectivity index (χ0v) is 16.6. The van der Waals surface area contributed by atoms with E-state index >= 15 is 0 Å². The molecule has 1 N–H and O–H groups in total. The third-order valence-electron chi connectivity index (χ3n) is 5.90. The molecule has 1 fully saturated rings. The third kappa shape index (κ3) is 3.97. The zero-order valence-electron chi connectivity index (χ0n) is 15.7. The number of hydrogen-bond donors (Lipinski definition) is 1. The van der Waals surface area contributed by atoms with Crippen LogP contribution in [0.25, 0.3) is 0 Å². The summed E-state index contributed by atoms with van der Waals surface area (Å²) in [5.41, 5.74) is 2.90. The molecular weight excluding hydrogens is 342 g/mol. The summed E-state index contributed by atoms with van der Waals surface area (Å²) in [6.45, 7) is 7.60. The predicted molar refractivity (Wildman–Crippen MR) is 108 cm³/mol. The average Bonchev–Trinajstić information content (AvgIpc) is 2.65. The standard InChI is InChI=1S/C22H27NO2S/c1-16-14-23(15-17-7-9-20(26-3)10-8-17)12-11-22(16,2)19-6-4-5-18(13-19)21(24)25/h4-10,13,16H,11-12,14-15H2,1-3H3,(H,24,25)/t16-,22+/m0/s1. The lowest BCUT2D eigenvalue weighted by atomic mass is 9.68. The van der Waals surface area contributed by atoms with Gasteiger partial charge in [-0.25, -0.2) is 4.79 Å². The molecule has 1 aliphatic heterocycles. The van der Waals surface area contributed by atoms with E-state index in [0.717, 1.165) is 31.6 Å². The maximum atomic E-state index is 11.3. The highest BCUT2D eigenvalue weighted by Crippen LogP contribution is 2.40. The lowest BCUT2D eigenvalue weighted by Gasteiger charge is -2.45. The van der Waals surface area contributed by atoms with Gasteiger partial charge in [0.2, 0.25) is 0 Å². The van der Waals surface area contributed by atoms with E-state index < -0.39 is 5.97 Å². The van der Waals surface area contributed by atoms with Crippen LogP contribution < -0.4 is 0 Å². The number of benzene rings is 2. The van der Waals surface area contributed by atoms with Gasteiger partial charge in [-0.3, -0.25) is 4.90 Å². The summed E-state index contributed by atoms with van der Waals surface area (Å²) in [5, 5.41) is 9.29. The SMILES string of the molecule is CSc1ccc(CN2CC[C@@](C)(c3cccc(C(=O)O)c3)[C@@H](C)C2)cc1. The Hall–Kier alpha value is -1.78. The normalized spacial score (nSPS) is 23.7. The first kappa shape index (κ1) is 19.0. The van der Waals surface area contributed by atoms with Gasteiger partial charge in [-0.1, -0.05) is 38.1 Å². The van der Waals surface area contributed by atoms with Crippen molar-refractivity contribution in [2.75, 3.05) is 19.3 Å². The molecule has 0 saturated carbocycles. The Bertz CT molecular complexity index is 774. The van der Waals surface area contributed by atoms with Crippen LogP contribution in [0.5, 0.6) is 0 Å². The highest BCUT2D eigenvalue weighted by Gasteiger charge is 2.38. The van der Waals surface area contributed by atoms with Gasteiger partial charge in [-0.2, -0.15) is 0 Å². The van der Waals surface area contributed by atoms with Gasteiger partial charge in [0.1, 0.15) is 0 Å². The van der Waals surface area contributed by atoms with Crippen molar-refractivity contribution in [3.05, 3.63) is 65.2 Å². The summed E-state index contributed by atoms with van der Waals surface area (Å²) in [6, 6.07) is 16.3. The predicted octanol–water partition coefficient (Wildman–Crippen LogP) is 4.91. The van der Waals surface area contributed by atoms with Crippen molar-refractivity contribution in [1.29, 1.82) is 0 Å². The summed E-state index contributed by atoms with van der Waals surface area (Å²) < 4.78 is 0. The number of nitrogens with zero attached hydrogens (tertiary/aromatic N) is 1. The van der Waals surface area contributed by atoms with Crippen LogP contribution in [0.1, 0.15) is 41.8 Å². The molecule has 0 amide bonds. The molecule has 3 nitrogen and oxygen atoms in total. The van der Waals surface area contributed by atoms with Gasteiger partial charge in [0.25, 0.3) is 0 Å². The first-order chi connectivity index (χ1) is 12.4. The van der Waals surface area contributed by atoms with Gasteiger partial charge < -0.3 is 5.11 Å². The van der Waals surface area contributed by atoms with Crippen molar-refractivity contribution in [3.63, 3.8) is 0 Å². The molecule has 0 aromatic heterocycles. The van der Waals surface area contributed by atoms with Crippen molar-refractivity contribution in [2.24, 2.45) is 5.92 Å². The molecule has 4 heteroatoms. The summed E-state index contributed by atoms with van der Waals surface area (Å²) in [5.74, 6) is -0.389. The fourth-order valence-electron chi connectivity index (χ4n) is 3.89. The fraction of sp³-hybridized carbons (Fsp3) is 0.409. The number of carbonyl (C=O) groups is 1. The van der Waals surface area contributed by atoms with E-state index in [1.807, 2.05) is 12.1 Å². The average molecular weight is 370 g/mol. The minimum atomic E-state index is -0.853. The van der Waals surface area contributed by atoms with Crippen LogP contribution >= 0.6 is 11.8 Å². The van der Waals surface area contributed by atoms with Crippen LogP contribution in [0.15, 0.2) is 53.4 Å². The molecule has 0 radical (unpaired) electrons. The number of rotatable bonds is 5. The Morgan fingerprint density at radius 3 is 2.62 bits per heavy atom. The van der Waals surface area contributed by atoms with E-state index in [2.05, 4.69) is 55.3 Å². The Balaban J connectivity index is 1.70. The molecule has 1 aliphatic rings. The van der Waals surface area contributed by atoms with Gasteiger partial charge >= 0.3 is 5.97 Å². The molecule has 1 saturated heterocycles. The maximum Gasteiger partial charge on any atom is 0.335 e. The molecule has 0 bridgehead atoms. The number of thioether (sulfide) groups is 1. The monoisotopic (exact) mass is 369 g/mol. The minimum Gasteiger partial charge on any atom is -0.478 e. The summed E-state index contributed by atoms with van der Waals surface area (Å²) in [4.78, 5) is 15.1. The molecule has 26 heavy (non-hydrogen) atoms. The van der Waals surface area contributed by atoms with E-state index in [1.54, 1.807) is 17.8 Å². The zero-order chi connectivity index (χ0) is 18.7. The Morgan fingerprint density at radius 1 is 1.27 bits per heavy atom. The van der Waals surface area contributed by atoms with Gasteiger partial charge in [-0.15, -0.1) is 11.8 Å². The number of aromatic carboxylic acids is 1. The minimum absolute atomic E-state index is 0.0185. The molecule has 2 atom stereocenters. The highest BCUT2D eigenvalue weighted by molar-refractivity contribution is 7.98. The number of likely N-dealkylation sites (tertiary alicyclic amines) is 1. The first-order valence-corrected chi connectivity index (χ1v) is 10.3.